The van der Waals surface area contributed by atoms with Crippen LogP contribution in [0, 0.1) is 11.8 Å². The lowest BCUT2D eigenvalue weighted by Gasteiger charge is -2.23. The van der Waals surface area contributed by atoms with Crippen LogP contribution in [-0.4, -0.2) is 22.6 Å². The van der Waals surface area contributed by atoms with E-state index in [1.807, 2.05) is 0 Å². The van der Waals surface area contributed by atoms with Crippen LogP contribution in [0.5, 0.6) is 0 Å². The highest BCUT2D eigenvalue weighted by atomic mass is 15.1. The Hall–Kier alpha value is -1.32. The van der Waals surface area contributed by atoms with Gasteiger partial charge in [0.25, 0.3) is 0 Å². The van der Waals surface area contributed by atoms with Gasteiger partial charge in [0.2, 0.25) is 0 Å². The van der Waals surface area contributed by atoms with E-state index in [1.165, 1.54) is 38.5 Å². The summed E-state index contributed by atoms with van der Waals surface area (Å²) in [6, 6.07) is 2.73. The number of nitrogens with one attached hydrogen (secondary N) is 2. The summed E-state index contributed by atoms with van der Waals surface area (Å²) in [4.78, 5) is 9.41. The zero-order chi connectivity index (χ0) is 13.5. The predicted octanol–water partition coefficient (Wildman–Crippen LogP) is 3.39. The first-order chi connectivity index (χ1) is 9.81. The summed E-state index contributed by atoms with van der Waals surface area (Å²) in [6.45, 7) is 3.02. The number of rotatable bonds is 5. The third-order valence-corrected chi connectivity index (χ3v) is 5.12. The van der Waals surface area contributed by atoms with E-state index in [9.17, 15) is 0 Å². The molecular formula is C16H24N4. The van der Waals surface area contributed by atoms with Crippen LogP contribution >= 0.6 is 0 Å². The molecule has 3 saturated carbocycles. The SMILES string of the molecule is CCNc1cc(NC2CC3CCC2C3)nc(C2CC2)n1. The van der Waals surface area contributed by atoms with Crippen LogP contribution in [0.1, 0.15) is 57.2 Å². The van der Waals surface area contributed by atoms with E-state index in [2.05, 4.69) is 28.6 Å². The highest BCUT2D eigenvalue weighted by molar-refractivity contribution is 5.49. The Bertz CT molecular complexity index is 497. The second-order valence-electron chi connectivity index (χ2n) is 6.73. The largest absolute Gasteiger partial charge is 0.370 e. The monoisotopic (exact) mass is 272 g/mol. The van der Waals surface area contributed by atoms with Crippen molar-refractivity contribution in [2.45, 2.75) is 57.4 Å². The van der Waals surface area contributed by atoms with Gasteiger partial charge in [0.05, 0.1) is 0 Å². The summed E-state index contributed by atoms with van der Waals surface area (Å²) in [6.07, 6.45) is 8.13. The summed E-state index contributed by atoms with van der Waals surface area (Å²) in [7, 11) is 0. The van der Waals surface area contributed by atoms with Gasteiger partial charge in [0.1, 0.15) is 17.5 Å². The Labute approximate surface area is 120 Å². The molecule has 3 aliphatic rings. The van der Waals surface area contributed by atoms with Gasteiger partial charge < -0.3 is 10.6 Å². The molecule has 4 heteroatoms. The lowest BCUT2D eigenvalue weighted by Crippen LogP contribution is -2.26. The van der Waals surface area contributed by atoms with Gasteiger partial charge in [-0.2, -0.15) is 0 Å². The van der Waals surface area contributed by atoms with Crippen molar-refractivity contribution in [2.75, 3.05) is 17.2 Å². The van der Waals surface area contributed by atoms with Gasteiger partial charge in [-0.1, -0.05) is 6.42 Å². The van der Waals surface area contributed by atoms with Gasteiger partial charge in [-0.25, -0.2) is 9.97 Å². The fourth-order valence-electron chi connectivity index (χ4n) is 3.95. The number of hydrogen-bond acceptors (Lipinski definition) is 4. The fourth-order valence-corrected chi connectivity index (χ4v) is 3.95. The highest BCUT2D eigenvalue weighted by Crippen LogP contribution is 2.45. The molecule has 2 bridgehead atoms. The minimum Gasteiger partial charge on any atom is -0.370 e. The van der Waals surface area contributed by atoms with Crippen molar-refractivity contribution in [3.8, 4) is 0 Å². The summed E-state index contributed by atoms with van der Waals surface area (Å²) in [5.74, 6) is 5.51. The zero-order valence-corrected chi connectivity index (χ0v) is 12.2. The van der Waals surface area contributed by atoms with Gasteiger partial charge in [-0.05, 0) is 50.9 Å². The molecule has 108 valence electrons. The van der Waals surface area contributed by atoms with Crippen LogP contribution in [0.15, 0.2) is 6.07 Å². The number of hydrogen-bond donors (Lipinski definition) is 2. The molecule has 3 aliphatic carbocycles. The van der Waals surface area contributed by atoms with Gasteiger partial charge in [0.15, 0.2) is 0 Å². The smallest absolute Gasteiger partial charge is 0.136 e. The van der Waals surface area contributed by atoms with E-state index >= 15 is 0 Å². The van der Waals surface area contributed by atoms with Crippen molar-refractivity contribution in [2.24, 2.45) is 11.8 Å². The first-order valence-electron chi connectivity index (χ1n) is 8.21. The molecule has 1 aromatic rings. The number of fused-ring (bicyclic) bond motifs is 2. The molecule has 1 aromatic heterocycles. The maximum Gasteiger partial charge on any atom is 0.136 e. The molecule has 0 aromatic carbocycles. The Morgan fingerprint density at radius 3 is 2.60 bits per heavy atom. The normalized spacial score (nSPS) is 31.6. The standard InChI is InChI=1S/C16H24N4/c1-2-17-14-9-15(20-16(19-14)11-5-6-11)18-13-8-10-3-4-12(13)7-10/h9-13H,2-8H2,1H3,(H2,17,18,19,20). The second-order valence-corrected chi connectivity index (χ2v) is 6.73. The lowest BCUT2D eigenvalue weighted by atomic mass is 9.95. The molecule has 0 amide bonds. The Morgan fingerprint density at radius 2 is 1.95 bits per heavy atom. The predicted molar refractivity (Wildman–Crippen MR) is 81.0 cm³/mol. The van der Waals surface area contributed by atoms with Gasteiger partial charge in [-0.15, -0.1) is 0 Å². The summed E-state index contributed by atoms with van der Waals surface area (Å²) >= 11 is 0. The number of anilines is 2. The molecule has 1 heterocycles. The molecular weight excluding hydrogens is 248 g/mol. The first-order valence-corrected chi connectivity index (χ1v) is 8.21. The molecule has 4 rings (SSSR count). The number of nitrogens with zero attached hydrogens (tertiary/aromatic N) is 2. The minimum atomic E-state index is 0.606. The van der Waals surface area contributed by atoms with Crippen molar-refractivity contribution >= 4 is 11.6 Å². The van der Waals surface area contributed by atoms with Crippen molar-refractivity contribution in [3.63, 3.8) is 0 Å². The van der Waals surface area contributed by atoms with E-state index in [-0.39, 0.29) is 0 Å². The maximum atomic E-state index is 4.76. The van der Waals surface area contributed by atoms with Crippen molar-refractivity contribution in [1.29, 1.82) is 0 Å². The average Bonchev–Trinajstić information content (AvgIpc) is 3.10. The Balaban J connectivity index is 1.53. The van der Waals surface area contributed by atoms with Crippen LogP contribution < -0.4 is 10.6 Å². The quantitative estimate of drug-likeness (QED) is 0.862. The van der Waals surface area contributed by atoms with E-state index in [0.717, 1.165) is 35.8 Å². The minimum absolute atomic E-state index is 0.606. The van der Waals surface area contributed by atoms with Crippen molar-refractivity contribution in [3.05, 3.63) is 11.9 Å². The molecule has 0 aliphatic heterocycles. The van der Waals surface area contributed by atoms with Crippen LogP contribution in [0.4, 0.5) is 11.6 Å². The molecule has 20 heavy (non-hydrogen) atoms. The van der Waals surface area contributed by atoms with E-state index in [4.69, 9.17) is 4.98 Å². The van der Waals surface area contributed by atoms with Gasteiger partial charge in [0, 0.05) is 24.6 Å². The van der Waals surface area contributed by atoms with Crippen LogP contribution in [0.25, 0.3) is 0 Å². The van der Waals surface area contributed by atoms with Crippen LogP contribution in [0.2, 0.25) is 0 Å². The lowest BCUT2D eigenvalue weighted by molar-refractivity contribution is 0.439. The van der Waals surface area contributed by atoms with Crippen LogP contribution in [-0.2, 0) is 0 Å². The summed E-state index contributed by atoms with van der Waals surface area (Å²) in [5, 5.41) is 7.04. The molecule has 3 unspecified atom stereocenters. The molecule has 0 spiro atoms. The zero-order valence-electron chi connectivity index (χ0n) is 12.2. The van der Waals surface area contributed by atoms with E-state index in [0.29, 0.717) is 12.0 Å². The molecule has 3 fully saturated rings. The molecule has 3 atom stereocenters. The van der Waals surface area contributed by atoms with Crippen molar-refractivity contribution < 1.29 is 0 Å². The van der Waals surface area contributed by atoms with Gasteiger partial charge >= 0.3 is 0 Å². The molecule has 2 N–H and O–H groups in total. The molecule has 4 nitrogen and oxygen atoms in total. The maximum absolute atomic E-state index is 4.76. The fraction of sp³-hybridized carbons (Fsp3) is 0.750. The van der Waals surface area contributed by atoms with Crippen molar-refractivity contribution in [1.82, 2.24) is 9.97 Å². The Morgan fingerprint density at radius 1 is 1.10 bits per heavy atom. The van der Waals surface area contributed by atoms with E-state index in [1.54, 1.807) is 0 Å². The number of aromatic nitrogens is 2. The Kier molecular flexibility index (Phi) is 3.04. The first kappa shape index (κ1) is 12.4. The highest BCUT2D eigenvalue weighted by Gasteiger charge is 2.39. The summed E-state index contributed by atoms with van der Waals surface area (Å²) in [5.41, 5.74) is 0. The molecule has 0 saturated heterocycles. The molecule has 0 radical (unpaired) electrons. The van der Waals surface area contributed by atoms with Crippen LogP contribution in [0.3, 0.4) is 0 Å². The third-order valence-electron chi connectivity index (χ3n) is 5.12. The van der Waals surface area contributed by atoms with E-state index < -0.39 is 0 Å². The average molecular weight is 272 g/mol. The second kappa shape index (κ2) is 4.90. The third kappa shape index (κ3) is 2.36. The van der Waals surface area contributed by atoms with Gasteiger partial charge in [-0.3, -0.25) is 0 Å². The summed E-state index contributed by atoms with van der Waals surface area (Å²) < 4.78 is 0. The topological polar surface area (TPSA) is 49.8 Å².